The third-order valence-corrected chi connectivity index (χ3v) is 7.72. The van der Waals surface area contributed by atoms with E-state index in [1.165, 1.54) is 41.4 Å². The maximum atomic E-state index is 12.9. The maximum absolute atomic E-state index is 12.9. The standard InChI is InChI=1S/C31H30ClF3N10O6/c1-45-16-36-14-22(45)40-25(48)24(47)37-13-10-21(26(49)50)39-23(46)17-2-8-20(9-3-17)38-27-41-28(43-29(42-27)51-15-31(33,34)35)44-30(11-12-30)18-4-6-19(32)7-5-18/h2-9,14,16,21H,10-13,15H2,1H3,(H,37,47)(H,39,46)(H,40,48)(H,49,50)(H2,38,41,42,43,44)/t21-/m0/s1. The molecule has 0 saturated heterocycles. The Morgan fingerprint density at radius 3 is 2.29 bits per heavy atom. The van der Waals surface area contributed by atoms with Crippen LogP contribution in [0.25, 0.3) is 0 Å². The molecule has 2 heterocycles. The van der Waals surface area contributed by atoms with Crippen molar-refractivity contribution in [1.82, 2.24) is 35.1 Å². The van der Waals surface area contributed by atoms with E-state index in [9.17, 15) is 37.5 Å². The summed E-state index contributed by atoms with van der Waals surface area (Å²) in [5.74, 6) is -4.04. The van der Waals surface area contributed by atoms with Gasteiger partial charge in [-0.2, -0.15) is 28.1 Å². The molecule has 0 bridgehead atoms. The predicted octanol–water partition coefficient (Wildman–Crippen LogP) is 3.37. The van der Waals surface area contributed by atoms with Gasteiger partial charge < -0.3 is 41.0 Å². The molecule has 3 amide bonds. The third-order valence-electron chi connectivity index (χ3n) is 7.47. The molecule has 2 aromatic carbocycles. The van der Waals surface area contributed by atoms with E-state index < -0.39 is 54.1 Å². The lowest BCUT2D eigenvalue weighted by molar-refractivity contribution is -0.154. The summed E-state index contributed by atoms with van der Waals surface area (Å²) in [6.45, 7) is -1.87. The van der Waals surface area contributed by atoms with Gasteiger partial charge in [0.2, 0.25) is 11.9 Å². The van der Waals surface area contributed by atoms with Crippen molar-refractivity contribution in [2.45, 2.75) is 37.0 Å². The molecule has 0 aliphatic heterocycles. The Hall–Kier alpha value is -5.98. The number of carboxylic acids is 1. The van der Waals surface area contributed by atoms with Gasteiger partial charge in [0.25, 0.3) is 5.91 Å². The Balaban J connectivity index is 1.20. The summed E-state index contributed by atoms with van der Waals surface area (Å²) in [6.07, 6.45) is -0.717. The van der Waals surface area contributed by atoms with Crippen LogP contribution in [0.3, 0.4) is 0 Å². The van der Waals surface area contributed by atoms with Crippen molar-refractivity contribution in [2.75, 3.05) is 29.1 Å². The van der Waals surface area contributed by atoms with E-state index in [0.717, 1.165) is 5.56 Å². The zero-order chi connectivity index (χ0) is 36.8. The van der Waals surface area contributed by atoms with Crippen molar-refractivity contribution in [3.05, 3.63) is 77.2 Å². The van der Waals surface area contributed by atoms with Gasteiger partial charge in [0.05, 0.1) is 18.1 Å². The number of alkyl halides is 3. The lowest BCUT2D eigenvalue weighted by Crippen LogP contribution is -2.44. The Morgan fingerprint density at radius 1 is 1.00 bits per heavy atom. The molecule has 20 heteroatoms. The fourth-order valence-corrected chi connectivity index (χ4v) is 4.79. The summed E-state index contributed by atoms with van der Waals surface area (Å²) >= 11 is 6.01. The first-order valence-electron chi connectivity index (χ1n) is 15.2. The minimum atomic E-state index is -4.64. The van der Waals surface area contributed by atoms with Crippen LogP contribution in [-0.2, 0) is 27.0 Å². The minimum absolute atomic E-state index is 0.0435. The topological polar surface area (TPSA) is 214 Å². The predicted molar refractivity (Wildman–Crippen MR) is 175 cm³/mol. The minimum Gasteiger partial charge on any atom is -0.480 e. The highest BCUT2D eigenvalue weighted by Crippen LogP contribution is 2.48. The highest BCUT2D eigenvalue weighted by molar-refractivity contribution is 6.39. The zero-order valence-corrected chi connectivity index (χ0v) is 27.4. The van der Waals surface area contributed by atoms with Gasteiger partial charge in [0.1, 0.15) is 11.9 Å². The summed E-state index contributed by atoms with van der Waals surface area (Å²) in [5, 5.41) is 23.2. The quantitative estimate of drug-likeness (QED) is 0.103. The van der Waals surface area contributed by atoms with Crippen LogP contribution >= 0.6 is 11.6 Å². The fraction of sp³-hybridized carbons (Fsp3) is 0.290. The number of halogens is 4. The van der Waals surface area contributed by atoms with Crippen LogP contribution in [0, 0.1) is 0 Å². The highest BCUT2D eigenvalue weighted by Gasteiger charge is 2.45. The van der Waals surface area contributed by atoms with E-state index in [2.05, 4.69) is 46.5 Å². The second kappa shape index (κ2) is 15.3. The summed E-state index contributed by atoms with van der Waals surface area (Å²) in [7, 11) is 1.61. The number of benzene rings is 2. The van der Waals surface area contributed by atoms with Crippen molar-refractivity contribution in [1.29, 1.82) is 0 Å². The number of imidazole rings is 1. The Bertz CT molecular complexity index is 1900. The first kappa shape index (κ1) is 36.3. The second-order valence-corrected chi connectivity index (χ2v) is 11.8. The van der Waals surface area contributed by atoms with Gasteiger partial charge in [-0.05, 0) is 61.2 Å². The molecule has 1 saturated carbocycles. The van der Waals surface area contributed by atoms with E-state index in [1.807, 2.05) is 12.1 Å². The molecule has 0 spiro atoms. The first-order chi connectivity index (χ1) is 24.2. The molecular formula is C31H30ClF3N10O6. The van der Waals surface area contributed by atoms with Gasteiger partial charge in [-0.1, -0.05) is 23.7 Å². The lowest BCUT2D eigenvalue weighted by Gasteiger charge is -2.19. The lowest BCUT2D eigenvalue weighted by atomic mass is 10.1. The van der Waals surface area contributed by atoms with Crippen molar-refractivity contribution < 1.29 is 42.2 Å². The number of anilines is 4. The molecule has 4 aromatic rings. The number of aromatic nitrogens is 5. The number of amides is 3. The SMILES string of the molecule is Cn1cncc1NC(=O)C(=O)NCC[C@H](NC(=O)c1ccc(Nc2nc(NC3(c4ccc(Cl)cc4)CC3)nc(OCC(F)(F)F)n2)cc1)C(=O)O. The number of aryl methyl sites for hydroxylation is 1. The van der Waals surface area contributed by atoms with Crippen molar-refractivity contribution in [2.24, 2.45) is 7.05 Å². The van der Waals surface area contributed by atoms with Gasteiger partial charge in [-0.25, -0.2) is 9.78 Å². The van der Waals surface area contributed by atoms with Crippen LogP contribution in [-0.4, -0.2) is 78.7 Å². The summed E-state index contributed by atoms with van der Waals surface area (Å²) in [6, 6.07) is 10.7. The van der Waals surface area contributed by atoms with Gasteiger partial charge in [-0.15, -0.1) is 0 Å². The summed E-state index contributed by atoms with van der Waals surface area (Å²) in [4.78, 5) is 64.9. The molecule has 1 aliphatic carbocycles. The number of carbonyl (C=O) groups excluding carboxylic acids is 3. The van der Waals surface area contributed by atoms with Crippen LogP contribution in [0.1, 0.15) is 35.2 Å². The second-order valence-electron chi connectivity index (χ2n) is 11.3. The molecule has 51 heavy (non-hydrogen) atoms. The molecule has 6 N–H and O–H groups in total. The number of nitrogens with one attached hydrogen (secondary N) is 5. The average molecular weight is 731 g/mol. The largest absolute Gasteiger partial charge is 0.480 e. The van der Waals surface area contributed by atoms with Crippen LogP contribution in [0.4, 0.5) is 36.6 Å². The molecule has 268 valence electrons. The van der Waals surface area contributed by atoms with Crippen molar-refractivity contribution in [3.8, 4) is 6.01 Å². The molecule has 5 rings (SSSR count). The highest BCUT2D eigenvalue weighted by atomic mass is 35.5. The summed E-state index contributed by atoms with van der Waals surface area (Å²) in [5.41, 5.74) is 0.712. The van der Waals surface area contributed by atoms with E-state index in [4.69, 9.17) is 16.3 Å². The smallest absolute Gasteiger partial charge is 0.422 e. The molecule has 1 fully saturated rings. The van der Waals surface area contributed by atoms with Crippen LogP contribution in [0.15, 0.2) is 61.1 Å². The normalized spacial score (nSPS) is 13.7. The van der Waals surface area contributed by atoms with Gasteiger partial charge >= 0.3 is 30.0 Å². The van der Waals surface area contributed by atoms with E-state index in [-0.39, 0.29) is 36.2 Å². The number of hydrogen-bond donors (Lipinski definition) is 6. The van der Waals surface area contributed by atoms with Crippen molar-refractivity contribution >= 4 is 58.7 Å². The van der Waals surface area contributed by atoms with Crippen LogP contribution in [0.5, 0.6) is 6.01 Å². The molecule has 16 nitrogen and oxygen atoms in total. The van der Waals surface area contributed by atoms with E-state index in [1.54, 1.807) is 19.2 Å². The maximum Gasteiger partial charge on any atom is 0.422 e. The van der Waals surface area contributed by atoms with Crippen LogP contribution in [0.2, 0.25) is 5.02 Å². The molecule has 1 aliphatic rings. The average Bonchev–Trinajstić information content (AvgIpc) is 3.75. The molecular weight excluding hydrogens is 701 g/mol. The zero-order valence-electron chi connectivity index (χ0n) is 26.6. The Labute approximate surface area is 292 Å². The number of ether oxygens (including phenoxy) is 1. The third kappa shape index (κ3) is 10.0. The first-order valence-corrected chi connectivity index (χ1v) is 15.5. The molecule has 0 radical (unpaired) electrons. The number of carboxylic acid groups (broad SMARTS) is 1. The molecule has 1 atom stereocenters. The van der Waals surface area contributed by atoms with Crippen molar-refractivity contribution in [3.63, 3.8) is 0 Å². The summed E-state index contributed by atoms with van der Waals surface area (Å²) < 4.78 is 45.0. The monoisotopic (exact) mass is 730 g/mol. The van der Waals surface area contributed by atoms with E-state index >= 15 is 0 Å². The Morgan fingerprint density at radius 2 is 1.69 bits per heavy atom. The number of hydrogen-bond acceptors (Lipinski definition) is 11. The van der Waals surface area contributed by atoms with Crippen LogP contribution < -0.4 is 31.3 Å². The van der Waals surface area contributed by atoms with E-state index in [0.29, 0.717) is 23.6 Å². The fourth-order valence-electron chi connectivity index (χ4n) is 4.67. The molecule has 0 unspecified atom stereocenters. The number of rotatable bonds is 14. The van der Waals surface area contributed by atoms with Gasteiger partial charge in [0, 0.05) is 29.9 Å². The number of carbonyl (C=O) groups is 4. The number of aliphatic carboxylic acids is 1. The Kier molecular flexibility index (Phi) is 10.9. The number of nitrogens with zero attached hydrogens (tertiary/aromatic N) is 5. The molecule has 2 aromatic heterocycles. The van der Waals surface area contributed by atoms with Gasteiger partial charge in [-0.3, -0.25) is 14.4 Å². The van der Waals surface area contributed by atoms with Gasteiger partial charge in [0.15, 0.2) is 6.61 Å².